The molecule has 0 bridgehead atoms. The average Bonchev–Trinajstić information content (AvgIpc) is 3.27. The summed E-state index contributed by atoms with van der Waals surface area (Å²) in [6.45, 7) is 12.2. The molecule has 1 fully saturated rings. The van der Waals surface area contributed by atoms with Crippen molar-refractivity contribution < 1.29 is 26.9 Å². The van der Waals surface area contributed by atoms with Crippen molar-refractivity contribution in [3.05, 3.63) is 64.7 Å². The van der Waals surface area contributed by atoms with Crippen LogP contribution in [0.1, 0.15) is 99.2 Å². The van der Waals surface area contributed by atoms with Gasteiger partial charge in [-0.25, -0.2) is 13.8 Å². The zero-order chi connectivity index (χ0) is 26.0. The maximum Gasteiger partial charge on any atom is 0.363 e. The number of ether oxygens (including phenoxy) is 1. The van der Waals surface area contributed by atoms with E-state index in [0.717, 1.165) is 5.56 Å². The van der Waals surface area contributed by atoms with Crippen molar-refractivity contribution in [2.45, 2.75) is 82.8 Å². The number of benzene rings is 2. The quantitative estimate of drug-likeness (QED) is 0.301. The largest absolute Gasteiger partial charge is 0.386 e. The summed E-state index contributed by atoms with van der Waals surface area (Å²) in [5, 5.41) is 2.85. The van der Waals surface area contributed by atoms with Gasteiger partial charge in [-0.1, -0.05) is 71.9 Å². The van der Waals surface area contributed by atoms with Crippen molar-refractivity contribution in [3.63, 3.8) is 0 Å². The molecule has 7 nitrogen and oxygen atoms in total. The Kier molecular flexibility index (Phi) is 8.19. The zero-order valence-corrected chi connectivity index (χ0v) is 22.1. The molecular weight excluding hydrogens is 466 g/mol. The van der Waals surface area contributed by atoms with E-state index in [4.69, 9.17) is 8.92 Å². The minimum atomic E-state index is -4.42. The second-order valence-corrected chi connectivity index (χ2v) is 11.4. The molecular formula is C27H35NO6S. The van der Waals surface area contributed by atoms with E-state index in [-0.39, 0.29) is 34.6 Å². The zero-order valence-electron chi connectivity index (χ0n) is 21.3. The maximum atomic E-state index is 13.8. The summed E-state index contributed by atoms with van der Waals surface area (Å²) >= 11 is 0. The third-order valence-electron chi connectivity index (χ3n) is 6.22. The van der Waals surface area contributed by atoms with Crippen LogP contribution in [0.25, 0.3) is 0 Å². The Hall–Kier alpha value is -2.55. The summed E-state index contributed by atoms with van der Waals surface area (Å²) in [6.07, 6.45) is 0.551. The lowest BCUT2D eigenvalue weighted by atomic mass is 9.89. The van der Waals surface area contributed by atoms with Gasteiger partial charge in [0.25, 0.3) is 10.1 Å². The van der Waals surface area contributed by atoms with Crippen LogP contribution in [0.5, 0.6) is 0 Å². The number of nitrogens with one attached hydrogen (secondary N) is 1. The lowest BCUT2D eigenvalue weighted by molar-refractivity contribution is -0.157. The highest BCUT2D eigenvalue weighted by Crippen LogP contribution is 2.38. The van der Waals surface area contributed by atoms with Gasteiger partial charge in [-0.15, -0.1) is 0 Å². The molecule has 1 aliphatic rings. The van der Waals surface area contributed by atoms with Gasteiger partial charge >= 0.3 is 11.9 Å². The highest BCUT2D eigenvalue weighted by Gasteiger charge is 2.50. The number of hydrogen-bond acceptors (Lipinski definition) is 7. The fourth-order valence-electron chi connectivity index (χ4n) is 4.20. The summed E-state index contributed by atoms with van der Waals surface area (Å²) in [5.74, 6) is -1.91. The molecule has 2 aromatic carbocycles. The van der Waals surface area contributed by atoms with E-state index in [1.807, 2.05) is 39.8 Å². The van der Waals surface area contributed by atoms with E-state index in [9.17, 15) is 18.0 Å². The molecule has 1 atom stereocenters. The predicted molar refractivity (Wildman–Crippen MR) is 134 cm³/mol. The molecule has 0 saturated carbocycles. The predicted octanol–water partition coefficient (Wildman–Crippen LogP) is 5.23. The molecule has 0 unspecified atom stereocenters. The van der Waals surface area contributed by atoms with Crippen LogP contribution < -0.4 is 5.32 Å². The molecule has 8 heteroatoms. The second-order valence-electron chi connectivity index (χ2n) is 9.93. The first-order chi connectivity index (χ1) is 16.4. The molecule has 0 radical (unpaired) electrons. The van der Waals surface area contributed by atoms with Gasteiger partial charge in [0, 0.05) is 6.42 Å². The summed E-state index contributed by atoms with van der Waals surface area (Å²) in [7, 11) is -4.42. The maximum absolute atomic E-state index is 13.8. The Labute approximate surface area is 208 Å². The summed E-state index contributed by atoms with van der Waals surface area (Å²) in [5.41, 5.74) is 0.537. The van der Waals surface area contributed by atoms with Crippen molar-refractivity contribution in [2.75, 3.05) is 6.54 Å². The van der Waals surface area contributed by atoms with Crippen molar-refractivity contribution in [1.29, 1.82) is 0 Å². The highest BCUT2D eigenvalue weighted by molar-refractivity contribution is 7.87. The van der Waals surface area contributed by atoms with E-state index in [1.165, 1.54) is 12.1 Å². The van der Waals surface area contributed by atoms with Crippen LogP contribution in [-0.4, -0.2) is 32.6 Å². The normalized spacial score (nSPS) is 18.4. The molecule has 2 aromatic rings. The van der Waals surface area contributed by atoms with E-state index in [1.54, 1.807) is 18.2 Å². The minimum Gasteiger partial charge on any atom is -0.386 e. The van der Waals surface area contributed by atoms with Crippen LogP contribution in [-0.2, 0) is 23.8 Å². The standard InChI is InChI=1S/C27H35NO6S/c1-17(2)21-15-22(18(3)4)24(23(16-21)19(5)6)35(31,32)34-27(13-10-14-28-27)26(30)33-25(29)20-11-8-7-9-12-20/h7-9,11-12,15-19,28H,10,13-14H2,1-6H3/t27-/m1/s1. The Morgan fingerprint density at radius 2 is 1.49 bits per heavy atom. The van der Waals surface area contributed by atoms with Gasteiger partial charge in [0.1, 0.15) is 4.90 Å². The van der Waals surface area contributed by atoms with Gasteiger partial charge in [0.15, 0.2) is 0 Å². The molecule has 0 aliphatic carbocycles. The minimum absolute atomic E-state index is 0.0607. The van der Waals surface area contributed by atoms with E-state index < -0.39 is 27.8 Å². The topological polar surface area (TPSA) is 98.8 Å². The van der Waals surface area contributed by atoms with Gasteiger partial charge in [0.05, 0.1) is 5.56 Å². The Balaban J connectivity index is 2.04. The fraction of sp³-hybridized carbons (Fsp3) is 0.481. The SMILES string of the molecule is CC(C)c1cc(C(C)C)c(S(=O)(=O)O[C@@]2(C(=O)OC(=O)c3ccccc3)CCCN2)c(C(C)C)c1. The van der Waals surface area contributed by atoms with Gasteiger partial charge < -0.3 is 4.74 Å². The highest BCUT2D eigenvalue weighted by atomic mass is 32.2. The second kappa shape index (κ2) is 10.6. The molecule has 3 rings (SSSR count). The summed E-state index contributed by atoms with van der Waals surface area (Å²) < 4.78 is 38.4. The number of carbonyl (C=O) groups excluding carboxylic acids is 2. The van der Waals surface area contributed by atoms with Crippen LogP contribution in [0.4, 0.5) is 0 Å². The average molecular weight is 502 g/mol. The molecule has 1 saturated heterocycles. The first-order valence-electron chi connectivity index (χ1n) is 12.1. The molecule has 0 aromatic heterocycles. The van der Waals surface area contributed by atoms with E-state index in [0.29, 0.717) is 24.1 Å². The van der Waals surface area contributed by atoms with Crippen molar-refractivity contribution in [2.24, 2.45) is 0 Å². The van der Waals surface area contributed by atoms with Gasteiger partial charge in [-0.3, -0.25) is 5.32 Å². The third-order valence-corrected chi connectivity index (χ3v) is 7.70. The molecule has 1 heterocycles. The van der Waals surface area contributed by atoms with Crippen molar-refractivity contribution >= 4 is 22.1 Å². The van der Waals surface area contributed by atoms with Gasteiger partial charge in [0.2, 0.25) is 5.72 Å². The molecule has 190 valence electrons. The monoisotopic (exact) mass is 501 g/mol. The van der Waals surface area contributed by atoms with E-state index >= 15 is 0 Å². The number of hydrogen-bond donors (Lipinski definition) is 1. The number of esters is 2. The van der Waals surface area contributed by atoms with Gasteiger partial charge in [-0.05, 0) is 59.5 Å². The first-order valence-corrected chi connectivity index (χ1v) is 13.5. The first kappa shape index (κ1) is 27.0. The Morgan fingerprint density at radius 1 is 0.914 bits per heavy atom. The smallest absolute Gasteiger partial charge is 0.363 e. The van der Waals surface area contributed by atoms with Crippen LogP contribution in [0, 0.1) is 0 Å². The third kappa shape index (κ3) is 5.82. The molecule has 35 heavy (non-hydrogen) atoms. The van der Waals surface area contributed by atoms with Crippen LogP contribution in [0.3, 0.4) is 0 Å². The lowest BCUT2D eigenvalue weighted by Gasteiger charge is -2.28. The Bertz CT molecular complexity index is 1150. The molecule has 1 aliphatic heterocycles. The van der Waals surface area contributed by atoms with Gasteiger partial charge in [-0.2, -0.15) is 8.42 Å². The van der Waals surface area contributed by atoms with Crippen LogP contribution in [0.2, 0.25) is 0 Å². The summed E-state index contributed by atoms with van der Waals surface area (Å²) in [4.78, 5) is 25.7. The number of carbonyl (C=O) groups is 2. The fourth-order valence-corrected chi connectivity index (χ4v) is 6.04. The molecule has 1 N–H and O–H groups in total. The summed E-state index contributed by atoms with van der Waals surface area (Å²) in [6, 6.07) is 11.9. The van der Waals surface area contributed by atoms with Crippen molar-refractivity contribution in [3.8, 4) is 0 Å². The Morgan fingerprint density at radius 3 is 1.94 bits per heavy atom. The van der Waals surface area contributed by atoms with E-state index in [2.05, 4.69) is 19.2 Å². The lowest BCUT2D eigenvalue weighted by Crippen LogP contribution is -2.52. The molecule has 0 amide bonds. The van der Waals surface area contributed by atoms with Crippen LogP contribution in [0.15, 0.2) is 47.4 Å². The van der Waals surface area contributed by atoms with Crippen LogP contribution >= 0.6 is 0 Å². The number of rotatable bonds is 8. The van der Waals surface area contributed by atoms with Crippen molar-refractivity contribution in [1.82, 2.24) is 5.32 Å². The molecule has 0 spiro atoms.